The van der Waals surface area contributed by atoms with Crippen LogP contribution < -0.4 is 4.72 Å². The summed E-state index contributed by atoms with van der Waals surface area (Å²) in [5.74, 6) is 0. The van der Waals surface area contributed by atoms with E-state index in [1.165, 1.54) is 0 Å². The van der Waals surface area contributed by atoms with E-state index in [1.807, 2.05) is 12.1 Å². The Kier molecular flexibility index (Phi) is 8.06. The Morgan fingerprint density at radius 3 is 2.50 bits per heavy atom. The number of ether oxygens (including phenoxy) is 1. The zero-order valence-electron chi connectivity index (χ0n) is 13.1. The molecule has 0 saturated heterocycles. The van der Waals surface area contributed by atoms with Crippen LogP contribution in [-0.2, 0) is 21.3 Å². The quantitative estimate of drug-likeness (QED) is 0.648. The first-order chi connectivity index (χ1) is 10.4. The molecule has 0 aliphatic carbocycles. The van der Waals surface area contributed by atoms with Gasteiger partial charge in [-0.15, -0.1) is 0 Å². The number of benzene rings is 1. The standard InChI is InChI=1S/C15H23N3O3S/c1-21-11-10-18(9-3-8-17-22(2,19)20)13-15-6-4-14(12-16)5-7-15/h4-7,17H,3,8-11,13H2,1-2H3. The van der Waals surface area contributed by atoms with E-state index >= 15 is 0 Å². The summed E-state index contributed by atoms with van der Waals surface area (Å²) in [4.78, 5) is 2.20. The number of sulfonamides is 1. The molecule has 0 unspecified atom stereocenters. The highest BCUT2D eigenvalue weighted by Crippen LogP contribution is 2.07. The molecule has 0 fully saturated rings. The van der Waals surface area contributed by atoms with Crippen molar-refractivity contribution in [2.45, 2.75) is 13.0 Å². The normalized spacial score (nSPS) is 11.5. The van der Waals surface area contributed by atoms with Crippen molar-refractivity contribution in [2.24, 2.45) is 0 Å². The topological polar surface area (TPSA) is 82.4 Å². The van der Waals surface area contributed by atoms with E-state index in [4.69, 9.17) is 10.00 Å². The molecule has 1 aromatic rings. The molecule has 1 aromatic carbocycles. The maximum absolute atomic E-state index is 11.0. The second-order valence-electron chi connectivity index (χ2n) is 5.10. The first-order valence-corrected chi connectivity index (χ1v) is 8.98. The maximum Gasteiger partial charge on any atom is 0.208 e. The molecule has 0 aliphatic heterocycles. The predicted octanol–water partition coefficient (Wildman–Crippen LogP) is 0.946. The Morgan fingerprint density at radius 2 is 1.95 bits per heavy atom. The smallest absolute Gasteiger partial charge is 0.208 e. The minimum atomic E-state index is -3.13. The lowest BCUT2D eigenvalue weighted by atomic mass is 10.1. The van der Waals surface area contributed by atoms with Crippen molar-refractivity contribution in [3.05, 3.63) is 35.4 Å². The van der Waals surface area contributed by atoms with Crippen LogP contribution in [0.25, 0.3) is 0 Å². The van der Waals surface area contributed by atoms with Crippen molar-refractivity contribution in [1.82, 2.24) is 9.62 Å². The number of rotatable bonds is 10. The molecule has 0 aromatic heterocycles. The fraction of sp³-hybridized carbons (Fsp3) is 0.533. The molecule has 1 N–H and O–H groups in total. The molecule has 0 saturated carbocycles. The minimum absolute atomic E-state index is 0.426. The van der Waals surface area contributed by atoms with E-state index < -0.39 is 10.0 Å². The molecule has 7 heteroatoms. The second kappa shape index (κ2) is 9.54. The van der Waals surface area contributed by atoms with Gasteiger partial charge in [-0.3, -0.25) is 4.90 Å². The van der Waals surface area contributed by atoms with E-state index in [0.717, 1.165) is 37.9 Å². The van der Waals surface area contributed by atoms with Gasteiger partial charge in [0.05, 0.1) is 24.5 Å². The summed E-state index contributed by atoms with van der Waals surface area (Å²) in [5.41, 5.74) is 1.76. The Morgan fingerprint density at radius 1 is 1.27 bits per heavy atom. The Bertz CT molecular complexity index is 579. The highest BCUT2D eigenvalue weighted by Gasteiger charge is 2.07. The molecular weight excluding hydrogens is 302 g/mol. The number of hydrogen-bond donors (Lipinski definition) is 1. The average Bonchev–Trinajstić information content (AvgIpc) is 2.48. The van der Waals surface area contributed by atoms with Gasteiger partial charge < -0.3 is 4.74 Å². The Balaban J connectivity index is 2.50. The lowest BCUT2D eigenvalue weighted by molar-refractivity contribution is 0.143. The molecular formula is C15H23N3O3S. The predicted molar refractivity (Wildman–Crippen MR) is 85.8 cm³/mol. The van der Waals surface area contributed by atoms with Gasteiger partial charge in [-0.2, -0.15) is 5.26 Å². The lowest BCUT2D eigenvalue weighted by Gasteiger charge is -2.22. The minimum Gasteiger partial charge on any atom is -0.383 e. The average molecular weight is 325 g/mol. The van der Waals surface area contributed by atoms with E-state index in [-0.39, 0.29) is 0 Å². The fourth-order valence-electron chi connectivity index (χ4n) is 1.99. The SMILES string of the molecule is COCCN(CCCNS(C)(=O)=O)Cc1ccc(C#N)cc1. The third-order valence-electron chi connectivity index (χ3n) is 3.12. The third kappa shape index (κ3) is 8.10. The van der Waals surface area contributed by atoms with Crippen LogP contribution in [0.5, 0.6) is 0 Å². The van der Waals surface area contributed by atoms with E-state index in [9.17, 15) is 8.42 Å². The molecule has 0 bridgehead atoms. The number of hydrogen-bond acceptors (Lipinski definition) is 5. The fourth-order valence-corrected chi connectivity index (χ4v) is 2.51. The summed E-state index contributed by atoms with van der Waals surface area (Å²) in [6, 6.07) is 9.58. The number of nitriles is 1. The first kappa shape index (κ1) is 18.6. The second-order valence-corrected chi connectivity index (χ2v) is 6.93. The van der Waals surface area contributed by atoms with E-state index in [1.54, 1.807) is 19.2 Å². The van der Waals surface area contributed by atoms with Crippen LogP contribution in [0.1, 0.15) is 17.5 Å². The molecule has 0 aliphatic rings. The summed E-state index contributed by atoms with van der Waals surface area (Å²) in [6.07, 6.45) is 1.89. The molecule has 0 atom stereocenters. The monoisotopic (exact) mass is 325 g/mol. The molecule has 1 rings (SSSR count). The van der Waals surface area contributed by atoms with Gasteiger partial charge >= 0.3 is 0 Å². The van der Waals surface area contributed by atoms with Gasteiger partial charge in [-0.1, -0.05) is 12.1 Å². The first-order valence-electron chi connectivity index (χ1n) is 7.09. The van der Waals surface area contributed by atoms with Crippen LogP contribution in [0.4, 0.5) is 0 Å². The van der Waals surface area contributed by atoms with Crippen molar-refractivity contribution in [1.29, 1.82) is 5.26 Å². The number of nitrogens with zero attached hydrogens (tertiary/aromatic N) is 2. The molecule has 0 heterocycles. The van der Waals surface area contributed by atoms with Gasteiger partial charge in [-0.25, -0.2) is 13.1 Å². The van der Waals surface area contributed by atoms with Crippen LogP contribution in [0.2, 0.25) is 0 Å². The zero-order valence-corrected chi connectivity index (χ0v) is 13.9. The zero-order chi connectivity index (χ0) is 16.4. The largest absolute Gasteiger partial charge is 0.383 e. The summed E-state index contributed by atoms with van der Waals surface area (Å²) in [6.45, 7) is 3.33. The van der Waals surface area contributed by atoms with E-state index in [0.29, 0.717) is 18.7 Å². The van der Waals surface area contributed by atoms with Crippen LogP contribution in [0.15, 0.2) is 24.3 Å². The van der Waals surface area contributed by atoms with Gasteiger partial charge in [0.25, 0.3) is 0 Å². The molecule has 6 nitrogen and oxygen atoms in total. The summed E-state index contributed by atoms with van der Waals surface area (Å²) < 4.78 is 29.7. The van der Waals surface area contributed by atoms with Gasteiger partial charge in [0.2, 0.25) is 10.0 Å². The summed E-state index contributed by atoms with van der Waals surface area (Å²) >= 11 is 0. The highest BCUT2D eigenvalue weighted by atomic mass is 32.2. The van der Waals surface area contributed by atoms with Crippen LogP contribution in [0.3, 0.4) is 0 Å². The molecule has 0 amide bonds. The van der Waals surface area contributed by atoms with Gasteiger partial charge in [0, 0.05) is 26.7 Å². The van der Waals surface area contributed by atoms with Crippen LogP contribution in [0, 0.1) is 11.3 Å². The van der Waals surface area contributed by atoms with Crippen LogP contribution >= 0.6 is 0 Å². The summed E-state index contributed by atoms with van der Waals surface area (Å²) in [7, 11) is -1.47. The third-order valence-corrected chi connectivity index (χ3v) is 3.84. The van der Waals surface area contributed by atoms with E-state index in [2.05, 4.69) is 15.7 Å². The maximum atomic E-state index is 11.0. The molecule has 0 radical (unpaired) electrons. The van der Waals surface area contributed by atoms with Crippen LogP contribution in [-0.4, -0.2) is 52.9 Å². The van der Waals surface area contributed by atoms with Crippen molar-refractivity contribution >= 4 is 10.0 Å². The van der Waals surface area contributed by atoms with Crippen molar-refractivity contribution in [3.8, 4) is 6.07 Å². The van der Waals surface area contributed by atoms with Crippen molar-refractivity contribution in [3.63, 3.8) is 0 Å². The lowest BCUT2D eigenvalue weighted by Crippen LogP contribution is -2.31. The molecule has 122 valence electrons. The van der Waals surface area contributed by atoms with Crippen molar-refractivity contribution in [2.75, 3.05) is 39.6 Å². The Hall–Kier alpha value is -1.46. The van der Waals surface area contributed by atoms with Gasteiger partial charge in [0.1, 0.15) is 0 Å². The number of methoxy groups -OCH3 is 1. The Labute approximate surface area is 132 Å². The molecule has 22 heavy (non-hydrogen) atoms. The van der Waals surface area contributed by atoms with Gasteiger partial charge in [-0.05, 0) is 30.7 Å². The number of nitrogens with one attached hydrogen (secondary N) is 1. The highest BCUT2D eigenvalue weighted by molar-refractivity contribution is 7.88. The molecule has 0 spiro atoms. The summed E-state index contributed by atoms with van der Waals surface area (Å²) in [5, 5.41) is 8.80. The van der Waals surface area contributed by atoms with Gasteiger partial charge in [0.15, 0.2) is 0 Å². The van der Waals surface area contributed by atoms with Crippen molar-refractivity contribution < 1.29 is 13.2 Å².